The Labute approximate surface area is 165 Å². The fraction of sp³-hybridized carbons (Fsp3) is 0.318. The van der Waals surface area contributed by atoms with Crippen molar-refractivity contribution in [3.05, 3.63) is 65.2 Å². The van der Waals surface area contributed by atoms with E-state index in [0.717, 1.165) is 28.2 Å². The number of methoxy groups -OCH3 is 1. The number of rotatable bonds is 5. The van der Waals surface area contributed by atoms with Crippen LogP contribution < -0.4 is 4.74 Å². The number of amides is 2. The average molecular weight is 379 g/mol. The third kappa shape index (κ3) is 4.22. The number of carbonyl (C=O) groups excluding carboxylic acids is 2. The number of hydrazone groups is 1. The van der Waals surface area contributed by atoms with Gasteiger partial charge in [-0.25, -0.2) is 5.01 Å². The van der Waals surface area contributed by atoms with Gasteiger partial charge in [0.2, 0.25) is 5.91 Å². The molecule has 0 saturated carbocycles. The van der Waals surface area contributed by atoms with E-state index < -0.39 is 0 Å². The van der Waals surface area contributed by atoms with Crippen molar-refractivity contribution in [2.24, 2.45) is 5.10 Å². The van der Waals surface area contributed by atoms with Crippen LogP contribution in [-0.4, -0.2) is 48.1 Å². The molecule has 0 unspecified atom stereocenters. The Bertz CT molecular complexity index is 888. The van der Waals surface area contributed by atoms with Gasteiger partial charge in [0.1, 0.15) is 12.3 Å². The van der Waals surface area contributed by atoms with Crippen molar-refractivity contribution in [2.75, 3.05) is 20.7 Å². The van der Waals surface area contributed by atoms with Crippen LogP contribution in [0, 0.1) is 6.92 Å². The highest BCUT2D eigenvalue weighted by Crippen LogP contribution is 2.33. The molecule has 2 aromatic carbocycles. The van der Waals surface area contributed by atoms with E-state index in [2.05, 4.69) is 5.10 Å². The molecule has 0 saturated heterocycles. The van der Waals surface area contributed by atoms with Crippen LogP contribution in [0.4, 0.5) is 0 Å². The maximum Gasteiger partial charge on any atom is 0.262 e. The Kier molecular flexibility index (Phi) is 5.78. The maximum atomic E-state index is 12.9. The van der Waals surface area contributed by atoms with Crippen LogP contribution >= 0.6 is 0 Å². The van der Waals surface area contributed by atoms with Gasteiger partial charge >= 0.3 is 0 Å². The monoisotopic (exact) mass is 379 g/mol. The van der Waals surface area contributed by atoms with Gasteiger partial charge in [0.05, 0.1) is 18.9 Å². The Morgan fingerprint density at radius 1 is 1.14 bits per heavy atom. The van der Waals surface area contributed by atoms with E-state index in [1.165, 1.54) is 16.8 Å². The summed E-state index contributed by atoms with van der Waals surface area (Å²) < 4.78 is 5.22. The first kappa shape index (κ1) is 19.6. The van der Waals surface area contributed by atoms with Crippen molar-refractivity contribution < 1.29 is 14.3 Å². The predicted molar refractivity (Wildman–Crippen MR) is 108 cm³/mol. The highest BCUT2D eigenvalue weighted by atomic mass is 16.5. The molecule has 1 aliphatic heterocycles. The summed E-state index contributed by atoms with van der Waals surface area (Å²) in [5.41, 5.74) is 3.98. The molecule has 6 heteroatoms. The van der Waals surface area contributed by atoms with Crippen LogP contribution in [0.5, 0.6) is 5.75 Å². The second-order valence-corrected chi connectivity index (χ2v) is 7.02. The Hall–Kier alpha value is -3.15. The normalized spacial score (nSPS) is 15.9. The van der Waals surface area contributed by atoms with Crippen LogP contribution in [0.2, 0.25) is 0 Å². The third-order valence-electron chi connectivity index (χ3n) is 4.96. The van der Waals surface area contributed by atoms with Crippen LogP contribution in [0.1, 0.15) is 36.1 Å². The smallest absolute Gasteiger partial charge is 0.262 e. The number of hydrogen-bond acceptors (Lipinski definition) is 4. The van der Waals surface area contributed by atoms with E-state index in [9.17, 15) is 9.59 Å². The van der Waals surface area contributed by atoms with E-state index in [1.807, 2.05) is 55.5 Å². The molecule has 2 aromatic rings. The van der Waals surface area contributed by atoms with Crippen molar-refractivity contribution in [1.29, 1.82) is 0 Å². The van der Waals surface area contributed by atoms with Crippen molar-refractivity contribution in [1.82, 2.24) is 9.91 Å². The summed E-state index contributed by atoms with van der Waals surface area (Å²) in [6, 6.07) is 15.6. The molecule has 0 bridgehead atoms. The minimum Gasteiger partial charge on any atom is -0.497 e. The molecular formula is C22H25N3O3. The Balaban J connectivity index is 1.91. The van der Waals surface area contributed by atoms with E-state index in [1.54, 1.807) is 14.2 Å². The van der Waals surface area contributed by atoms with Crippen molar-refractivity contribution >= 4 is 17.5 Å². The molecule has 0 aromatic heterocycles. The largest absolute Gasteiger partial charge is 0.497 e. The van der Waals surface area contributed by atoms with Gasteiger partial charge in [-0.05, 0) is 42.3 Å². The summed E-state index contributed by atoms with van der Waals surface area (Å²) in [6.45, 7) is 3.47. The summed E-state index contributed by atoms with van der Waals surface area (Å²) in [6.07, 6.45) is 0.616. The SMILES string of the molecule is COc1ccc(C2=NN(C(=O)CN(C)C(C)=O)[C@@H](c3ccc(C)cc3)C2)cc1. The van der Waals surface area contributed by atoms with Gasteiger partial charge in [-0.3, -0.25) is 9.59 Å². The zero-order chi connectivity index (χ0) is 20.3. The minimum absolute atomic E-state index is 0.00289. The summed E-state index contributed by atoms with van der Waals surface area (Å²) >= 11 is 0. The fourth-order valence-electron chi connectivity index (χ4n) is 3.13. The van der Waals surface area contributed by atoms with Gasteiger partial charge in [0.25, 0.3) is 5.91 Å². The van der Waals surface area contributed by atoms with Gasteiger partial charge in [-0.2, -0.15) is 5.10 Å². The highest BCUT2D eigenvalue weighted by Gasteiger charge is 2.33. The average Bonchev–Trinajstić information content (AvgIpc) is 3.14. The number of benzene rings is 2. The summed E-state index contributed by atoms with van der Waals surface area (Å²) in [5, 5.41) is 6.15. The first-order valence-electron chi connectivity index (χ1n) is 9.21. The molecule has 1 atom stereocenters. The third-order valence-corrected chi connectivity index (χ3v) is 4.96. The second-order valence-electron chi connectivity index (χ2n) is 7.02. The second kappa shape index (κ2) is 8.25. The van der Waals surface area contributed by atoms with Crippen LogP contribution in [-0.2, 0) is 9.59 Å². The number of aryl methyl sites for hydroxylation is 1. The molecule has 0 radical (unpaired) electrons. The standard InChI is InChI=1S/C22H25N3O3/c1-15-5-7-18(8-6-15)21-13-20(17-9-11-19(28-4)12-10-17)23-25(21)22(27)14-24(3)16(2)26/h5-12,21H,13-14H2,1-4H3/t21-/m1/s1. The van der Waals surface area contributed by atoms with Crippen LogP contribution in [0.15, 0.2) is 53.6 Å². The molecule has 146 valence electrons. The van der Waals surface area contributed by atoms with E-state index in [-0.39, 0.29) is 24.4 Å². The van der Waals surface area contributed by atoms with Gasteiger partial charge in [-0.1, -0.05) is 29.8 Å². The maximum absolute atomic E-state index is 12.9. The molecule has 28 heavy (non-hydrogen) atoms. The molecule has 0 fully saturated rings. The lowest BCUT2D eigenvalue weighted by molar-refractivity contribution is -0.139. The minimum atomic E-state index is -0.202. The molecule has 0 spiro atoms. The lowest BCUT2D eigenvalue weighted by Crippen LogP contribution is -2.38. The van der Waals surface area contributed by atoms with Gasteiger partial charge < -0.3 is 9.64 Å². The van der Waals surface area contributed by atoms with Gasteiger partial charge in [0, 0.05) is 20.4 Å². The molecule has 2 amide bonds. The summed E-state index contributed by atoms with van der Waals surface area (Å²) in [4.78, 5) is 25.8. The fourth-order valence-corrected chi connectivity index (χ4v) is 3.13. The number of likely N-dealkylation sites (N-methyl/N-ethyl adjacent to an activating group) is 1. The number of nitrogens with zero attached hydrogens (tertiary/aromatic N) is 3. The van der Waals surface area contributed by atoms with Crippen molar-refractivity contribution in [2.45, 2.75) is 26.3 Å². The lowest BCUT2D eigenvalue weighted by atomic mass is 9.97. The van der Waals surface area contributed by atoms with Crippen molar-refractivity contribution in [3.63, 3.8) is 0 Å². The molecule has 0 N–H and O–H groups in total. The lowest BCUT2D eigenvalue weighted by Gasteiger charge is -2.24. The molecule has 3 rings (SSSR count). The molecular weight excluding hydrogens is 354 g/mol. The van der Waals surface area contributed by atoms with Gasteiger partial charge in [0.15, 0.2) is 0 Å². The zero-order valence-electron chi connectivity index (χ0n) is 16.7. The quantitative estimate of drug-likeness (QED) is 0.802. The number of ether oxygens (including phenoxy) is 1. The molecule has 0 aliphatic carbocycles. The topological polar surface area (TPSA) is 62.2 Å². The molecule has 6 nitrogen and oxygen atoms in total. The zero-order valence-corrected chi connectivity index (χ0v) is 16.7. The van der Waals surface area contributed by atoms with E-state index in [0.29, 0.717) is 6.42 Å². The van der Waals surface area contributed by atoms with Crippen molar-refractivity contribution in [3.8, 4) is 5.75 Å². The highest BCUT2D eigenvalue weighted by molar-refractivity contribution is 6.03. The Morgan fingerprint density at radius 3 is 2.36 bits per heavy atom. The first-order valence-corrected chi connectivity index (χ1v) is 9.21. The van der Waals surface area contributed by atoms with Crippen LogP contribution in [0.25, 0.3) is 0 Å². The van der Waals surface area contributed by atoms with Gasteiger partial charge in [-0.15, -0.1) is 0 Å². The van der Waals surface area contributed by atoms with E-state index in [4.69, 9.17) is 4.74 Å². The predicted octanol–water partition coefficient (Wildman–Crippen LogP) is 3.16. The number of hydrogen-bond donors (Lipinski definition) is 0. The summed E-state index contributed by atoms with van der Waals surface area (Å²) in [5.74, 6) is 0.416. The van der Waals surface area contributed by atoms with Crippen LogP contribution in [0.3, 0.4) is 0 Å². The molecule has 1 heterocycles. The Morgan fingerprint density at radius 2 is 1.79 bits per heavy atom. The number of carbonyl (C=O) groups is 2. The van der Waals surface area contributed by atoms with E-state index >= 15 is 0 Å². The summed E-state index contributed by atoms with van der Waals surface area (Å²) in [7, 11) is 3.24. The molecule has 1 aliphatic rings. The first-order chi connectivity index (χ1) is 13.4.